The predicted octanol–water partition coefficient (Wildman–Crippen LogP) is 0.885. The SMILES string of the molecule is NC(=O)NC(=O)CCN1CCN(S(=O)(=O)c2cc(Cl)ccc2Cl)CC1. The van der Waals surface area contributed by atoms with Crippen LogP contribution in [0, 0.1) is 0 Å². The number of nitrogens with zero attached hydrogens (tertiary/aromatic N) is 2. The Morgan fingerprint density at radius 3 is 2.40 bits per heavy atom. The van der Waals surface area contributed by atoms with Crippen molar-refractivity contribution in [3.63, 3.8) is 0 Å². The van der Waals surface area contributed by atoms with E-state index in [1.54, 1.807) is 0 Å². The maximum Gasteiger partial charge on any atom is 0.318 e. The van der Waals surface area contributed by atoms with E-state index in [-0.39, 0.29) is 29.4 Å². The Morgan fingerprint density at radius 1 is 1.16 bits per heavy atom. The first-order valence-electron chi connectivity index (χ1n) is 7.47. The van der Waals surface area contributed by atoms with Crippen molar-refractivity contribution in [1.82, 2.24) is 14.5 Å². The fraction of sp³-hybridized carbons (Fsp3) is 0.429. The third-order valence-corrected chi connectivity index (χ3v) is 6.38. The zero-order chi connectivity index (χ0) is 18.6. The van der Waals surface area contributed by atoms with Crippen LogP contribution in [-0.2, 0) is 14.8 Å². The maximum atomic E-state index is 12.7. The van der Waals surface area contributed by atoms with E-state index in [4.69, 9.17) is 28.9 Å². The molecule has 2 rings (SSSR count). The lowest BCUT2D eigenvalue weighted by Crippen LogP contribution is -2.49. The molecule has 138 valence electrons. The highest BCUT2D eigenvalue weighted by molar-refractivity contribution is 7.89. The Morgan fingerprint density at radius 2 is 1.80 bits per heavy atom. The van der Waals surface area contributed by atoms with Crippen molar-refractivity contribution >= 4 is 45.2 Å². The summed E-state index contributed by atoms with van der Waals surface area (Å²) in [7, 11) is -3.74. The number of rotatable bonds is 5. The number of carbonyl (C=O) groups is 2. The normalized spacial score (nSPS) is 16.6. The van der Waals surface area contributed by atoms with E-state index in [0.29, 0.717) is 24.7 Å². The number of nitrogens with two attached hydrogens (primary N) is 1. The Bertz CT molecular complexity index is 764. The molecule has 25 heavy (non-hydrogen) atoms. The second-order valence-corrected chi connectivity index (χ2v) is 8.23. The molecule has 1 fully saturated rings. The number of imide groups is 1. The van der Waals surface area contributed by atoms with Crippen molar-refractivity contribution < 1.29 is 18.0 Å². The van der Waals surface area contributed by atoms with Gasteiger partial charge in [-0.2, -0.15) is 4.31 Å². The Balaban J connectivity index is 1.94. The number of carbonyl (C=O) groups excluding carboxylic acids is 2. The molecule has 3 N–H and O–H groups in total. The molecule has 1 aromatic carbocycles. The number of nitrogens with one attached hydrogen (secondary N) is 1. The highest BCUT2D eigenvalue weighted by atomic mass is 35.5. The van der Waals surface area contributed by atoms with Crippen molar-refractivity contribution in [2.24, 2.45) is 5.73 Å². The van der Waals surface area contributed by atoms with Gasteiger partial charge < -0.3 is 10.6 Å². The summed E-state index contributed by atoms with van der Waals surface area (Å²) in [6.45, 7) is 1.86. The first-order chi connectivity index (χ1) is 11.7. The fourth-order valence-corrected chi connectivity index (χ4v) is 4.63. The van der Waals surface area contributed by atoms with Crippen LogP contribution >= 0.6 is 23.2 Å². The number of amides is 3. The summed E-state index contributed by atoms with van der Waals surface area (Å²) < 4.78 is 26.7. The molecule has 0 radical (unpaired) electrons. The Hall–Kier alpha value is -1.39. The second kappa shape index (κ2) is 8.33. The maximum absolute atomic E-state index is 12.7. The van der Waals surface area contributed by atoms with Gasteiger partial charge in [0, 0.05) is 44.2 Å². The van der Waals surface area contributed by atoms with Crippen LogP contribution in [0.15, 0.2) is 23.1 Å². The first-order valence-corrected chi connectivity index (χ1v) is 9.66. The minimum atomic E-state index is -3.74. The van der Waals surface area contributed by atoms with Gasteiger partial charge in [-0.1, -0.05) is 23.2 Å². The number of benzene rings is 1. The summed E-state index contributed by atoms with van der Waals surface area (Å²) in [4.78, 5) is 23.9. The molecule has 8 nitrogen and oxygen atoms in total. The van der Waals surface area contributed by atoms with E-state index in [1.807, 2.05) is 10.2 Å². The lowest BCUT2D eigenvalue weighted by Gasteiger charge is -2.33. The predicted molar refractivity (Wildman–Crippen MR) is 94.0 cm³/mol. The molecule has 1 saturated heterocycles. The summed E-state index contributed by atoms with van der Waals surface area (Å²) in [5.74, 6) is -0.465. The van der Waals surface area contributed by atoms with E-state index >= 15 is 0 Å². The highest BCUT2D eigenvalue weighted by Gasteiger charge is 2.30. The van der Waals surface area contributed by atoms with Crippen LogP contribution in [-0.4, -0.2) is 62.3 Å². The molecule has 0 aliphatic carbocycles. The number of sulfonamides is 1. The third-order valence-electron chi connectivity index (χ3n) is 3.76. The van der Waals surface area contributed by atoms with Crippen LogP contribution < -0.4 is 11.1 Å². The molecule has 11 heteroatoms. The number of halogens is 2. The standard InChI is InChI=1S/C14H18Cl2N4O4S/c15-10-1-2-11(16)12(9-10)25(23,24)20-7-5-19(6-8-20)4-3-13(21)18-14(17)22/h1-2,9H,3-8H2,(H3,17,18,21,22). The molecular formula is C14H18Cl2N4O4S. The molecule has 0 atom stereocenters. The van der Waals surface area contributed by atoms with Gasteiger partial charge in [0.25, 0.3) is 0 Å². The van der Waals surface area contributed by atoms with Gasteiger partial charge in [-0.3, -0.25) is 10.1 Å². The van der Waals surface area contributed by atoms with Crippen LogP contribution in [0.3, 0.4) is 0 Å². The minimum Gasteiger partial charge on any atom is -0.351 e. The van der Waals surface area contributed by atoms with E-state index in [2.05, 4.69) is 0 Å². The van der Waals surface area contributed by atoms with Gasteiger partial charge in [-0.05, 0) is 18.2 Å². The number of piperazine rings is 1. The second-order valence-electron chi connectivity index (χ2n) is 5.48. The molecule has 1 aromatic rings. The topological polar surface area (TPSA) is 113 Å². The first kappa shape index (κ1) is 19.9. The van der Waals surface area contributed by atoms with E-state index < -0.39 is 22.0 Å². The van der Waals surface area contributed by atoms with Crippen LogP contribution in [0.2, 0.25) is 10.0 Å². The third kappa shape index (κ3) is 5.29. The van der Waals surface area contributed by atoms with Crippen LogP contribution in [0.4, 0.5) is 4.79 Å². The molecular weight excluding hydrogens is 391 g/mol. The quantitative estimate of drug-likeness (QED) is 0.750. The summed E-state index contributed by atoms with van der Waals surface area (Å²) >= 11 is 11.9. The van der Waals surface area contributed by atoms with Crippen LogP contribution in [0.5, 0.6) is 0 Å². The summed E-state index contributed by atoms with van der Waals surface area (Å²) in [6.07, 6.45) is 0.107. The van der Waals surface area contributed by atoms with E-state index in [1.165, 1.54) is 22.5 Å². The number of hydrogen-bond acceptors (Lipinski definition) is 5. The molecule has 0 aromatic heterocycles. The average Bonchev–Trinajstić information content (AvgIpc) is 2.55. The van der Waals surface area contributed by atoms with Gasteiger partial charge in [0.1, 0.15) is 4.90 Å². The van der Waals surface area contributed by atoms with Gasteiger partial charge in [0.05, 0.1) is 5.02 Å². The minimum absolute atomic E-state index is 0.0176. The molecule has 1 aliphatic rings. The van der Waals surface area contributed by atoms with Gasteiger partial charge >= 0.3 is 6.03 Å². The zero-order valence-corrected chi connectivity index (χ0v) is 15.6. The molecule has 0 bridgehead atoms. The largest absolute Gasteiger partial charge is 0.351 e. The lowest BCUT2D eigenvalue weighted by molar-refractivity contribution is -0.120. The van der Waals surface area contributed by atoms with Gasteiger partial charge in [-0.25, -0.2) is 13.2 Å². The molecule has 1 heterocycles. The van der Waals surface area contributed by atoms with Gasteiger partial charge in [0.15, 0.2) is 0 Å². The smallest absolute Gasteiger partial charge is 0.318 e. The summed E-state index contributed by atoms with van der Waals surface area (Å²) in [5, 5.41) is 2.40. The van der Waals surface area contributed by atoms with E-state index in [0.717, 1.165) is 0 Å². The molecule has 0 saturated carbocycles. The van der Waals surface area contributed by atoms with Crippen molar-refractivity contribution in [2.75, 3.05) is 32.7 Å². The van der Waals surface area contributed by atoms with Crippen LogP contribution in [0.1, 0.15) is 6.42 Å². The van der Waals surface area contributed by atoms with Gasteiger partial charge in [-0.15, -0.1) is 0 Å². The number of urea groups is 1. The van der Waals surface area contributed by atoms with Crippen molar-refractivity contribution in [1.29, 1.82) is 0 Å². The fourth-order valence-electron chi connectivity index (χ4n) is 2.47. The Labute approximate surface area is 155 Å². The monoisotopic (exact) mass is 408 g/mol. The van der Waals surface area contributed by atoms with Crippen molar-refractivity contribution in [3.05, 3.63) is 28.2 Å². The number of primary amides is 1. The molecule has 0 unspecified atom stereocenters. The summed E-state index contributed by atoms with van der Waals surface area (Å²) in [6, 6.07) is 3.42. The molecule has 0 spiro atoms. The van der Waals surface area contributed by atoms with Crippen molar-refractivity contribution in [2.45, 2.75) is 11.3 Å². The Kier molecular flexibility index (Phi) is 6.64. The van der Waals surface area contributed by atoms with E-state index in [9.17, 15) is 18.0 Å². The highest BCUT2D eigenvalue weighted by Crippen LogP contribution is 2.28. The number of hydrogen-bond donors (Lipinski definition) is 2. The zero-order valence-electron chi connectivity index (χ0n) is 13.2. The lowest BCUT2D eigenvalue weighted by atomic mass is 10.3. The van der Waals surface area contributed by atoms with Gasteiger partial charge in [0.2, 0.25) is 15.9 Å². The average molecular weight is 409 g/mol. The molecule has 3 amide bonds. The van der Waals surface area contributed by atoms with Crippen LogP contribution in [0.25, 0.3) is 0 Å². The van der Waals surface area contributed by atoms with Crippen molar-refractivity contribution in [3.8, 4) is 0 Å². The summed E-state index contributed by atoms with van der Waals surface area (Å²) in [5.41, 5.74) is 4.87. The molecule has 1 aliphatic heterocycles.